The monoisotopic (exact) mass is 538 g/mol. The number of anilines is 1. The molecule has 2 saturated heterocycles. The van der Waals surface area contributed by atoms with Crippen LogP contribution in [0.4, 0.5) is 5.69 Å². The summed E-state index contributed by atoms with van der Waals surface area (Å²) < 4.78 is 12.3. The molecule has 2 aromatic carbocycles. The molecular weight excluding hydrogens is 500 g/mol. The molecule has 0 atom stereocenters. The number of amides is 1. The van der Waals surface area contributed by atoms with E-state index in [4.69, 9.17) is 9.15 Å². The van der Waals surface area contributed by atoms with Crippen LogP contribution in [0.1, 0.15) is 47.5 Å². The summed E-state index contributed by atoms with van der Waals surface area (Å²) in [5, 5.41) is 0.900. The molecule has 6 rings (SSSR count). The van der Waals surface area contributed by atoms with E-state index >= 15 is 0 Å². The number of piperidine rings is 2. The van der Waals surface area contributed by atoms with E-state index < -0.39 is 0 Å². The van der Waals surface area contributed by atoms with Gasteiger partial charge in [-0.1, -0.05) is 23.8 Å². The Morgan fingerprint density at radius 1 is 0.975 bits per heavy atom. The highest BCUT2D eigenvalue weighted by molar-refractivity contribution is 5.96. The van der Waals surface area contributed by atoms with E-state index in [9.17, 15) is 4.79 Å². The van der Waals surface area contributed by atoms with Gasteiger partial charge in [-0.25, -0.2) is 0 Å². The van der Waals surface area contributed by atoms with Crippen LogP contribution < -0.4 is 9.64 Å². The van der Waals surface area contributed by atoms with E-state index in [2.05, 4.69) is 52.0 Å². The number of ether oxygens (including phenoxy) is 1. The summed E-state index contributed by atoms with van der Waals surface area (Å²) in [6, 6.07) is 22.7. The Morgan fingerprint density at radius 3 is 2.48 bits per heavy atom. The van der Waals surface area contributed by atoms with Crippen molar-refractivity contribution in [2.24, 2.45) is 0 Å². The van der Waals surface area contributed by atoms with Crippen molar-refractivity contribution in [1.82, 2.24) is 14.8 Å². The average molecular weight is 539 g/mol. The molecule has 2 aromatic heterocycles. The zero-order chi connectivity index (χ0) is 27.5. The summed E-state index contributed by atoms with van der Waals surface area (Å²) in [5.74, 6) is 1.15. The number of furan rings is 1. The summed E-state index contributed by atoms with van der Waals surface area (Å²) in [6.45, 7) is 6.83. The lowest BCUT2D eigenvalue weighted by atomic mass is 10.0. The molecule has 0 saturated carbocycles. The zero-order valence-corrected chi connectivity index (χ0v) is 23.5. The van der Waals surface area contributed by atoms with Crippen molar-refractivity contribution in [2.45, 2.75) is 51.3 Å². The number of carbonyl (C=O) groups is 1. The minimum Gasteiger partial charge on any atom is -0.490 e. The number of benzene rings is 2. The number of aromatic nitrogens is 1. The molecule has 2 fully saturated rings. The van der Waals surface area contributed by atoms with Gasteiger partial charge < -0.3 is 19.0 Å². The summed E-state index contributed by atoms with van der Waals surface area (Å²) in [4.78, 5) is 24.5. The van der Waals surface area contributed by atoms with Gasteiger partial charge in [0.1, 0.15) is 17.4 Å². The summed E-state index contributed by atoms with van der Waals surface area (Å²) in [6.07, 6.45) is 5.86. The van der Waals surface area contributed by atoms with Crippen molar-refractivity contribution < 1.29 is 13.9 Å². The van der Waals surface area contributed by atoms with Gasteiger partial charge in [-0.15, -0.1) is 0 Å². The lowest BCUT2D eigenvalue weighted by Crippen LogP contribution is -2.45. The van der Waals surface area contributed by atoms with Gasteiger partial charge in [0.2, 0.25) is 0 Å². The fourth-order valence-corrected chi connectivity index (χ4v) is 5.91. The van der Waals surface area contributed by atoms with Crippen LogP contribution in [-0.2, 0) is 6.54 Å². The Labute approximate surface area is 236 Å². The lowest BCUT2D eigenvalue weighted by Gasteiger charge is -2.36. The van der Waals surface area contributed by atoms with Gasteiger partial charge in [0, 0.05) is 75.9 Å². The van der Waals surface area contributed by atoms with Gasteiger partial charge in [0.25, 0.3) is 5.91 Å². The number of likely N-dealkylation sites (tertiary alicyclic amines) is 1. The van der Waals surface area contributed by atoms with Crippen molar-refractivity contribution >= 4 is 22.6 Å². The number of fused-ring (bicyclic) bond motifs is 1. The number of aryl methyl sites for hydroxylation is 1. The molecule has 0 unspecified atom stereocenters. The van der Waals surface area contributed by atoms with Crippen LogP contribution in [0.15, 0.2) is 77.3 Å². The molecule has 7 heteroatoms. The van der Waals surface area contributed by atoms with Crippen LogP contribution >= 0.6 is 0 Å². The maximum absolute atomic E-state index is 13.3. The predicted molar refractivity (Wildman–Crippen MR) is 158 cm³/mol. The molecule has 7 nitrogen and oxygen atoms in total. The molecule has 2 aliphatic heterocycles. The van der Waals surface area contributed by atoms with Crippen LogP contribution in [0.5, 0.6) is 5.75 Å². The molecule has 0 radical (unpaired) electrons. The summed E-state index contributed by atoms with van der Waals surface area (Å²) in [5.41, 5.74) is 4.36. The fourth-order valence-electron chi connectivity index (χ4n) is 5.91. The minimum atomic E-state index is -0.0645. The first-order chi connectivity index (χ1) is 19.5. The number of pyridine rings is 1. The smallest absolute Gasteiger partial charge is 0.289 e. The summed E-state index contributed by atoms with van der Waals surface area (Å²) >= 11 is 0. The van der Waals surface area contributed by atoms with Crippen molar-refractivity contribution in [3.8, 4) is 5.75 Å². The quantitative estimate of drug-likeness (QED) is 0.291. The fraction of sp³-hybridized carbons (Fsp3) is 0.394. The highest BCUT2D eigenvalue weighted by atomic mass is 16.5. The molecule has 0 N–H and O–H groups in total. The standard InChI is InChI=1S/C33H38N4O3/c1-24-6-8-28(9-7-24)37-19-14-29(15-20-37)39-30-10-11-31-25(21-30)22-32(40-31)33(38)35(2)27-12-17-36(18-13-27)23-26-5-3-4-16-34-26/h3-11,16,21-22,27,29H,12-15,17-20,23H2,1-2H3. The third-order valence-corrected chi connectivity index (χ3v) is 8.38. The van der Waals surface area contributed by atoms with E-state index in [-0.39, 0.29) is 18.1 Å². The molecule has 0 bridgehead atoms. The van der Waals surface area contributed by atoms with Crippen LogP contribution in [0.3, 0.4) is 0 Å². The second-order valence-electron chi connectivity index (χ2n) is 11.2. The van der Waals surface area contributed by atoms with E-state index in [0.717, 1.165) is 75.2 Å². The third-order valence-electron chi connectivity index (χ3n) is 8.38. The van der Waals surface area contributed by atoms with Gasteiger partial charge in [0.05, 0.1) is 5.69 Å². The Bertz CT molecular complexity index is 1420. The number of rotatable bonds is 7. The highest BCUT2D eigenvalue weighted by Gasteiger charge is 2.28. The first-order valence-electron chi connectivity index (χ1n) is 14.4. The minimum absolute atomic E-state index is 0.0645. The van der Waals surface area contributed by atoms with Gasteiger partial charge in [-0.3, -0.25) is 14.7 Å². The molecule has 208 valence electrons. The molecule has 4 heterocycles. The molecule has 0 aliphatic carbocycles. The first-order valence-corrected chi connectivity index (χ1v) is 14.4. The molecule has 4 aromatic rings. The van der Waals surface area contributed by atoms with Crippen molar-refractivity contribution in [3.05, 3.63) is 89.9 Å². The van der Waals surface area contributed by atoms with E-state index in [1.165, 1.54) is 11.3 Å². The molecule has 1 amide bonds. The van der Waals surface area contributed by atoms with E-state index in [0.29, 0.717) is 11.3 Å². The normalized spacial score (nSPS) is 17.3. The predicted octanol–water partition coefficient (Wildman–Crippen LogP) is 5.92. The second kappa shape index (κ2) is 11.7. The largest absolute Gasteiger partial charge is 0.490 e. The van der Waals surface area contributed by atoms with Gasteiger partial charge in [-0.2, -0.15) is 0 Å². The van der Waals surface area contributed by atoms with Crippen molar-refractivity contribution in [3.63, 3.8) is 0 Å². The second-order valence-corrected chi connectivity index (χ2v) is 11.2. The van der Waals surface area contributed by atoms with Crippen LogP contribution in [0, 0.1) is 6.92 Å². The van der Waals surface area contributed by atoms with E-state index in [1.807, 2.05) is 54.5 Å². The maximum atomic E-state index is 13.3. The van der Waals surface area contributed by atoms with Gasteiger partial charge in [0.15, 0.2) is 5.76 Å². The lowest BCUT2D eigenvalue weighted by molar-refractivity contribution is 0.0607. The molecule has 40 heavy (non-hydrogen) atoms. The number of carbonyl (C=O) groups excluding carboxylic acids is 1. The van der Waals surface area contributed by atoms with Crippen molar-refractivity contribution in [2.75, 3.05) is 38.1 Å². The molecule has 0 spiro atoms. The highest BCUT2D eigenvalue weighted by Crippen LogP contribution is 2.29. The first kappa shape index (κ1) is 26.4. The number of nitrogens with zero attached hydrogens (tertiary/aromatic N) is 4. The van der Waals surface area contributed by atoms with Crippen LogP contribution in [-0.4, -0.2) is 66.1 Å². The maximum Gasteiger partial charge on any atom is 0.289 e. The average Bonchev–Trinajstić information content (AvgIpc) is 3.42. The number of hydrogen-bond donors (Lipinski definition) is 0. The SMILES string of the molecule is Cc1ccc(N2CCC(Oc3ccc4oc(C(=O)N(C)C5CCN(Cc6ccccn6)CC5)cc4c3)CC2)cc1. The molecule has 2 aliphatic rings. The van der Waals surface area contributed by atoms with Crippen molar-refractivity contribution in [1.29, 1.82) is 0 Å². The van der Waals surface area contributed by atoms with Gasteiger partial charge >= 0.3 is 0 Å². The zero-order valence-electron chi connectivity index (χ0n) is 23.5. The Kier molecular flexibility index (Phi) is 7.73. The van der Waals surface area contributed by atoms with Crippen LogP contribution in [0.25, 0.3) is 11.0 Å². The van der Waals surface area contributed by atoms with E-state index in [1.54, 1.807) is 0 Å². The topological polar surface area (TPSA) is 62.1 Å². The third kappa shape index (κ3) is 5.99. The van der Waals surface area contributed by atoms with Gasteiger partial charge in [-0.05, 0) is 68.3 Å². The van der Waals surface area contributed by atoms with Crippen LogP contribution in [0.2, 0.25) is 0 Å². The molecular formula is C33H38N4O3. The summed E-state index contributed by atoms with van der Waals surface area (Å²) in [7, 11) is 1.89. The Balaban J connectivity index is 1.03. The number of hydrogen-bond acceptors (Lipinski definition) is 6. The Morgan fingerprint density at radius 2 is 1.75 bits per heavy atom. The Hall–Kier alpha value is -3.84.